The van der Waals surface area contributed by atoms with Gasteiger partial charge in [-0.3, -0.25) is 4.90 Å². The first-order valence-electron chi connectivity index (χ1n) is 7.84. The van der Waals surface area contributed by atoms with Crippen LogP contribution in [0.4, 0.5) is 4.39 Å². The van der Waals surface area contributed by atoms with Crippen molar-refractivity contribution in [1.29, 1.82) is 0 Å². The molecule has 1 heterocycles. The van der Waals surface area contributed by atoms with Gasteiger partial charge in [-0.25, -0.2) is 4.39 Å². The molecule has 116 valence electrons. The largest absolute Gasteiger partial charge is 0.488 e. The van der Waals surface area contributed by atoms with Gasteiger partial charge in [-0.05, 0) is 55.7 Å². The number of rotatable bonds is 4. The Labute approximate surface area is 126 Å². The van der Waals surface area contributed by atoms with Crippen molar-refractivity contribution in [2.75, 3.05) is 13.1 Å². The Hall–Kier alpha value is -0.905. The molecule has 1 atom stereocenters. The zero-order valence-electron chi connectivity index (χ0n) is 12.9. The Balaban J connectivity index is 1.98. The number of likely N-dealkylation sites (tertiary alicyclic amines) is 1. The van der Waals surface area contributed by atoms with Gasteiger partial charge in [-0.1, -0.05) is 26.0 Å². The average molecular weight is 293 g/mol. The quantitative estimate of drug-likeness (QED) is 0.832. The lowest BCUT2D eigenvalue weighted by Crippen LogP contribution is -2.31. The zero-order chi connectivity index (χ0) is 15.4. The fraction of sp³-hybridized carbons (Fsp3) is 0.625. The van der Waals surface area contributed by atoms with Crippen LogP contribution in [0.3, 0.4) is 0 Å². The third kappa shape index (κ3) is 4.53. The van der Waals surface area contributed by atoms with E-state index in [0.29, 0.717) is 18.0 Å². The number of halogens is 1. The second-order valence-corrected chi connectivity index (χ2v) is 6.44. The minimum absolute atomic E-state index is 0.201. The summed E-state index contributed by atoms with van der Waals surface area (Å²) in [5, 5.41) is 18.1. The second-order valence-electron chi connectivity index (χ2n) is 6.44. The molecule has 3 nitrogen and oxygen atoms in total. The minimum Gasteiger partial charge on any atom is -0.423 e. The van der Waals surface area contributed by atoms with Crippen molar-refractivity contribution in [3.63, 3.8) is 0 Å². The summed E-state index contributed by atoms with van der Waals surface area (Å²) in [5.41, 5.74) is 0.828. The van der Waals surface area contributed by atoms with Gasteiger partial charge in [0.2, 0.25) is 0 Å². The van der Waals surface area contributed by atoms with Gasteiger partial charge < -0.3 is 10.0 Å². The molecular weight excluding hydrogens is 268 g/mol. The summed E-state index contributed by atoms with van der Waals surface area (Å²) in [6.45, 7) is 7.16. The van der Waals surface area contributed by atoms with Crippen molar-refractivity contribution in [2.45, 2.75) is 39.7 Å². The summed E-state index contributed by atoms with van der Waals surface area (Å²) in [5.74, 6) is 1.13. The van der Waals surface area contributed by atoms with Crippen LogP contribution in [0.1, 0.15) is 38.7 Å². The molecule has 2 N–H and O–H groups in total. The summed E-state index contributed by atoms with van der Waals surface area (Å²) in [7, 11) is -1.61. The molecule has 1 fully saturated rings. The molecule has 1 aliphatic rings. The fourth-order valence-corrected chi connectivity index (χ4v) is 3.10. The van der Waals surface area contributed by atoms with Gasteiger partial charge in [0.1, 0.15) is 5.82 Å². The first-order valence-corrected chi connectivity index (χ1v) is 7.84. The highest BCUT2D eigenvalue weighted by Gasteiger charge is 2.20. The van der Waals surface area contributed by atoms with Crippen molar-refractivity contribution in [1.82, 2.24) is 4.90 Å². The first kappa shape index (κ1) is 16.5. The number of hydrogen-bond acceptors (Lipinski definition) is 3. The smallest absolute Gasteiger partial charge is 0.423 e. The van der Waals surface area contributed by atoms with Crippen LogP contribution in [0.2, 0.25) is 0 Å². The van der Waals surface area contributed by atoms with Crippen LogP contribution in [-0.4, -0.2) is 35.2 Å². The molecule has 5 heteroatoms. The van der Waals surface area contributed by atoms with Crippen LogP contribution in [0.5, 0.6) is 0 Å². The van der Waals surface area contributed by atoms with E-state index in [9.17, 15) is 4.39 Å². The SMILES string of the molecule is CC(C)C1CCCN(Cc2ccc(B(O)O)cc2F)CC1. The summed E-state index contributed by atoms with van der Waals surface area (Å²) in [4.78, 5) is 2.30. The van der Waals surface area contributed by atoms with Crippen LogP contribution in [0.15, 0.2) is 18.2 Å². The molecule has 1 aromatic rings. The maximum absolute atomic E-state index is 14.0. The van der Waals surface area contributed by atoms with Gasteiger partial charge in [-0.15, -0.1) is 0 Å². The van der Waals surface area contributed by atoms with Crippen LogP contribution < -0.4 is 5.46 Å². The van der Waals surface area contributed by atoms with E-state index in [-0.39, 0.29) is 11.3 Å². The normalized spacial score (nSPS) is 20.6. The van der Waals surface area contributed by atoms with Crippen molar-refractivity contribution in [3.8, 4) is 0 Å². The molecule has 0 spiro atoms. The lowest BCUT2D eigenvalue weighted by molar-refractivity contribution is 0.261. The van der Waals surface area contributed by atoms with E-state index in [0.717, 1.165) is 25.4 Å². The second kappa shape index (κ2) is 7.39. The molecule has 1 unspecified atom stereocenters. The summed E-state index contributed by atoms with van der Waals surface area (Å²) in [6, 6.07) is 4.46. The maximum atomic E-state index is 14.0. The molecule has 21 heavy (non-hydrogen) atoms. The van der Waals surface area contributed by atoms with Gasteiger partial charge in [0.05, 0.1) is 0 Å². The predicted molar refractivity (Wildman–Crippen MR) is 83.7 cm³/mol. The van der Waals surface area contributed by atoms with Crippen molar-refractivity contribution >= 4 is 12.6 Å². The molecule has 0 saturated carbocycles. The molecule has 0 radical (unpaired) electrons. The number of hydrogen-bond donors (Lipinski definition) is 2. The molecular formula is C16H25BFNO2. The molecule has 1 aromatic carbocycles. The van der Waals surface area contributed by atoms with Crippen molar-refractivity contribution in [2.24, 2.45) is 11.8 Å². The van der Waals surface area contributed by atoms with Gasteiger partial charge in [0, 0.05) is 12.1 Å². The minimum atomic E-state index is -1.61. The van der Waals surface area contributed by atoms with Gasteiger partial charge in [0.15, 0.2) is 0 Å². The third-order valence-electron chi connectivity index (χ3n) is 4.58. The Kier molecular flexibility index (Phi) is 5.79. The van der Waals surface area contributed by atoms with Crippen LogP contribution in [0, 0.1) is 17.7 Å². The first-order chi connectivity index (χ1) is 9.97. The van der Waals surface area contributed by atoms with Crippen molar-refractivity contribution < 1.29 is 14.4 Å². The molecule has 2 rings (SSSR count). The molecule has 0 bridgehead atoms. The average Bonchev–Trinajstić information content (AvgIpc) is 2.66. The highest BCUT2D eigenvalue weighted by Crippen LogP contribution is 2.25. The highest BCUT2D eigenvalue weighted by molar-refractivity contribution is 6.58. The van der Waals surface area contributed by atoms with E-state index in [1.165, 1.54) is 18.9 Å². The van der Waals surface area contributed by atoms with Gasteiger partial charge in [-0.2, -0.15) is 0 Å². The molecule has 0 aliphatic carbocycles. The Morgan fingerprint density at radius 1 is 1.29 bits per heavy atom. The van der Waals surface area contributed by atoms with E-state index < -0.39 is 7.12 Å². The van der Waals surface area contributed by atoms with E-state index in [4.69, 9.17) is 10.0 Å². The number of nitrogens with zero attached hydrogens (tertiary/aromatic N) is 1. The summed E-state index contributed by atoms with van der Waals surface area (Å²) < 4.78 is 14.0. The highest BCUT2D eigenvalue weighted by atomic mass is 19.1. The van der Waals surface area contributed by atoms with Crippen LogP contribution >= 0.6 is 0 Å². The van der Waals surface area contributed by atoms with E-state index >= 15 is 0 Å². The van der Waals surface area contributed by atoms with E-state index in [1.807, 2.05) is 0 Å². The summed E-state index contributed by atoms with van der Waals surface area (Å²) in [6.07, 6.45) is 3.59. The Morgan fingerprint density at radius 2 is 2.05 bits per heavy atom. The molecule has 1 saturated heterocycles. The third-order valence-corrected chi connectivity index (χ3v) is 4.58. The van der Waals surface area contributed by atoms with E-state index in [2.05, 4.69) is 18.7 Å². The Morgan fingerprint density at radius 3 is 2.67 bits per heavy atom. The number of benzene rings is 1. The predicted octanol–water partition coefficient (Wildman–Crippen LogP) is 1.76. The lowest BCUT2D eigenvalue weighted by atomic mass is 9.80. The summed E-state index contributed by atoms with van der Waals surface area (Å²) >= 11 is 0. The van der Waals surface area contributed by atoms with E-state index in [1.54, 1.807) is 12.1 Å². The van der Waals surface area contributed by atoms with Gasteiger partial charge in [0.25, 0.3) is 0 Å². The van der Waals surface area contributed by atoms with Crippen molar-refractivity contribution in [3.05, 3.63) is 29.6 Å². The zero-order valence-corrected chi connectivity index (χ0v) is 12.9. The molecule has 0 aromatic heterocycles. The van der Waals surface area contributed by atoms with Gasteiger partial charge >= 0.3 is 7.12 Å². The van der Waals surface area contributed by atoms with Crippen LogP contribution in [-0.2, 0) is 6.54 Å². The Bertz CT molecular complexity index is 468. The topological polar surface area (TPSA) is 43.7 Å². The molecule has 1 aliphatic heterocycles. The fourth-order valence-electron chi connectivity index (χ4n) is 3.10. The lowest BCUT2D eigenvalue weighted by Gasteiger charge is -2.21. The monoisotopic (exact) mass is 293 g/mol. The van der Waals surface area contributed by atoms with Crippen LogP contribution in [0.25, 0.3) is 0 Å². The molecule has 0 amide bonds. The maximum Gasteiger partial charge on any atom is 0.488 e. The standard InChI is InChI=1S/C16H25BFNO2/c1-12(2)13-4-3-8-19(9-7-13)11-14-5-6-15(17(20)21)10-16(14)18/h5-6,10,12-13,20-21H,3-4,7-9,11H2,1-2H3.